The molecule has 168 valence electrons. The Kier molecular flexibility index (Phi) is 6.92. The van der Waals surface area contributed by atoms with Crippen LogP contribution < -0.4 is 5.32 Å². The van der Waals surface area contributed by atoms with Gasteiger partial charge in [0.2, 0.25) is 15.9 Å². The Morgan fingerprint density at radius 2 is 1.84 bits per heavy atom. The van der Waals surface area contributed by atoms with Crippen LogP contribution in [0, 0.1) is 0 Å². The van der Waals surface area contributed by atoms with Crippen molar-refractivity contribution in [2.45, 2.75) is 11.3 Å². The van der Waals surface area contributed by atoms with Crippen LogP contribution in [0.3, 0.4) is 0 Å². The second-order valence-corrected chi connectivity index (χ2v) is 10.8. The lowest BCUT2D eigenvalue weighted by Crippen LogP contribution is -2.46. The summed E-state index contributed by atoms with van der Waals surface area (Å²) in [7, 11) is -1.55. The summed E-state index contributed by atoms with van der Waals surface area (Å²) < 4.78 is 27.1. The molecule has 1 amide bonds. The smallest absolute Gasteiger partial charge is 0.243 e. The van der Waals surface area contributed by atoms with Crippen molar-refractivity contribution in [3.05, 3.63) is 64.6 Å². The molecule has 0 unspecified atom stereocenters. The van der Waals surface area contributed by atoms with E-state index in [1.807, 2.05) is 30.6 Å². The first-order valence-electron chi connectivity index (χ1n) is 10.1. The molecule has 32 heavy (non-hydrogen) atoms. The lowest BCUT2D eigenvalue weighted by Gasteiger charge is -2.31. The van der Waals surface area contributed by atoms with Crippen molar-refractivity contribution in [2.24, 2.45) is 0 Å². The number of sulfonamides is 1. The van der Waals surface area contributed by atoms with E-state index in [0.29, 0.717) is 42.6 Å². The number of amides is 1. The van der Waals surface area contributed by atoms with Gasteiger partial charge in [0.15, 0.2) is 0 Å². The van der Waals surface area contributed by atoms with Gasteiger partial charge in [-0.1, -0.05) is 23.7 Å². The Morgan fingerprint density at radius 3 is 2.53 bits per heavy atom. The van der Waals surface area contributed by atoms with Crippen LogP contribution in [0.25, 0.3) is 10.6 Å². The molecule has 0 spiro atoms. The molecular formula is C22H23ClN4O3S2. The third-order valence-electron chi connectivity index (χ3n) is 5.20. The van der Waals surface area contributed by atoms with E-state index in [1.54, 1.807) is 18.2 Å². The molecule has 0 atom stereocenters. The molecule has 1 saturated heterocycles. The second kappa shape index (κ2) is 9.68. The summed E-state index contributed by atoms with van der Waals surface area (Å²) >= 11 is 7.49. The van der Waals surface area contributed by atoms with Crippen molar-refractivity contribution >= 4 is 44.6 Å². The number of halogens is 1. The molecule has 7 nitrogen and oxygen atoms in total. The van der Waals surface area contributed by atoms with Gasteiger partial charge in [-0.05, 0) is 43.4 Å². The number of piperazine rings is 1. The van der Waals surface area contributed by atoms with E-state index in [0.717, 1.165) is 10.6 Å². The van der Waals surface area contributed by atoms with E-state index < -0.39 is 10.0 Å². The Bertz CT molecular complexity index is 1200. The molecule has 0 saturated carbocycles. The van der Waals surface area contributed by atoms with Crippen LogP contribution >= 0.6 is 22.9 Å². The van der Waals surface area contributed by atoms with E-state index in [2.05, 4.69) is 15.2 Å². The first-order valence-corrected chi connectivity index (χ1v) is 12.8. The first kappa shape index (κ1) is 22.9. The molecule has 1 aromatic heterocycles. The van der Waals surface area contributed by atoms with Gasteiger partial charge in [-0.2, -0.15) is 4.31 Å². The molecular weight excluding hydrogens is 468 g/mol. The van der Waals surface area contributed by atoms with Gasteiger partial charge in [-0.15, -0.1) is 11.3 Å². The molecule has 0 bridgehead atoms. The monoisotopic (exact) mass is 490 g/mol. The highest BCUT2D eigenvalue weighted by molar-refractivity contribution is 7.89. The van der Waals surface area contributed by atoms with Gasteiger partial charge in [0.25, 0.3) is 0 Å². The van der Waals surface area contributed by atoms with Crippen LogP contribution in [-0.4, -0.2) is 61.7 Å². The number of thiazole rings is 1. The summed E-state index contributed by atoms with van der Waals surface area (Å²) in [6, 6.07) is 13.7. The van der Waals surface area contributed by atoms with Gasteiger partial charge in [-0.25, -0.2) is 13.4 Å². The highest BCUT2D eigenvalue weighted by Gasteiger charge is 2.27. The summed E-state index contributed by atoms with van der Waals surface area (Å²) in [5, 5.41) is 6.08. The van der Waals surface area contributed by atoms with Gasteiger partial charge in [0.05, 0.1) is 17.0 Å². The number of hydrogen-bond acceptors (Lipinski definition) is 6. The third-order valence-corrected chi connectivity index (χ3v) is 8.29. The SMILES string of the molecule is CN1CCN(S(=O)(=O)c2ccc(NC(=O)Cc3csc(-c4cccc(Cl)c4)n3)cc2)CC1. The van der Waals surface area contributed by atoms with Crippen molar-refractivity contribution < 1.29 is 13.2 Å². The average molecular weight is 491 g/mol. The number of carbonyl (C=O) groups excluding carboxylic acids is 1. The van der Waals surface area contributed by atoms with Crippen molar-refractivity contribution in [2.75, 3.05) is 38.5 Å². The van der Waals surface area contributed by atoms with Crippen LogP contribution in [0.15, 0.2) is 58.8 Å². The number of carbonyl (C=O) groups is 1. The zero-order valence-corrected chi connectivity index (χ0v) is 19.9. The number of rotatable bonds is 6. The van der Waals surface area contributed by atoms with Gasteiger partial charge < -0.3 is 10.2 Å². The van der Waals surface area contributed by atoms with Crippen molar-refractivity contribution in [1.29, 1.82) is 0 Å². The van der Waals surface area contributed by atoms with E-state index in [1.165, 1.54) is 27.8 Å². The van der Waals surface area contributed by atoms with Gasteiger partial charge in [0, 0.05) is 47.8 Å². The average Bonchev–Trinajstić information content (AvgIpc) is 3.23. The lowest BCUT2D eigenvalue weighted by molar-refractivity contribution is -0.115. The quantitative estimate of drug-likeness (QED) is 0.571. The number of hydrogen-bond donors (Lipinski definition) is 1. The Morgan fingerprint density at radius 1 is 1.12 bits per heavy atom. The maximum absolute atomic E-state index is 12.8. The Labute approximate surface area is 196 Å². The van der Waals surface area contributed by atoms with Crippen molar-refractivity contribution in [3.8, 4) is 10.6 Å². The predicted molar refractivity (Wildman–Crippen MR) is 128 cm³/mol. The second-order valence-electron chi connectivity index (χ2n) is 7.61. The summed E-state index contributed by atoms with van der Waals surface area (Å²) in [6.45, 7) is 2.37. The normalized spacial score (nSPS) is 15.6. The minimum absolute atomic E-state index is 0.123. The van der Waals surface area contributed by atoms with Crippen molar-refractivity contribution in [1.82, 2.24) is 14.2 Å². The molecule has 1 aliphatic heterocycles. The fraction of sp³-hybridized carbons (Fsp3) is 0.273. The molecule has 1 fully saturated rings. The largest absolute Gasteiger partial charge is 0.326 e. The van der Waals surface area contributed by atoms with Crippen molar-refractivity contribution in [3.63, 3.8) is 0 Å². The Hall–Kier alpha value is -2.30. The van der Waals surface area contributed by atoms with Crippen LogP contribution in [0.4, 0.5) is 5.69 Å². The van der Waals surface area contributed by atoms with Crippen LogP contribution in [-0.2, 0) is 21.2 Å². The standard InChI is InChI=1S/C22H23ClN4O3S2/c1-26-9-11-27(12-10-26)32(29,30)20-7-5-18(6-8-20)24-21(28)14-19-15-31-22(25-19)16-3-2-4-17(23)13-16/h2-8,13,15H,9-12,14H2,1H3,(H,24,28). The minimum Gasteiger partial charge on any atom is -0.326 e. The number of nitrogens with one attached hydrogen (secondary N) is 1. The van der Waals surface area contributed by atoms with E-state index in [4.69, 9.17) is 11.6 Å². The molecule has 2 aromatic carbocycles. The molecule has 2 heterocycles. The van der Waals surface area contributed by atoms with E-state index in [9.17, 15) is 13.2 Å². The highest BCUT2D eigenvalue weighted by atomic mass is 35.5. The molecule has 10 heteroatoms. The predicted octanol–water partition coefficient (Wildman–Crippen LogP) is 3.58. The number of aromatic nitrogens is 1. The molecule has 1 N–H and O–H groups in total. The van der Waals surface area contributed by atoms with E-state index in [-0.39, 0.29) is 17.2 Å². The van der Waals surface area contributed by atoms with Gasteiger partial charge in [0.1, 0.15) is 5.01 Å². The van der Waals surface area contributed by atoms with E-state index >= 15 is 0 Å². The number of nitrogens with zero attached hydrogens (tertiary/aromatic N) is 3. The zero-order valence-electron chi connectivity index (χ0n) is 17.5. The fourth-order valence-electron chi connectivity index (χ4n) is 3.40. The fourth-order valence-corrected chi connectivity index (χ4v) is 5.83. The van der Waals surface area contributed by atoms with Gasteiger partial charge >= 0.3 is 0 Å². The number of anilines is 1. The molecule has 3 aromatic rings. The zero-order chi connectivity index (χ0) is 22.7. The summed E-state index contributed by atoms with van der Waals surface area (Å²) in [6.07, 6.45) is 0.123. The molecule has 4 rings (SSSR count). The summed E-state index contributed by atoms with van der Waals surface area (Å²) in [4.78, 5) is 19.3. The van der Waals surface area contributed by atoms with Crippen LogP contribution in [0.1, 0.15) is 5.69 Å². The highest BCUT2D eigenvalue weighted by Crippen LogP contribution is 2.26. The maximum Gasteiger partial charge on any atom is 0.243 e. The molecule has 0 aliphatic carbocycles. The first-order chi connectivity index (χ1) is 15.3. The Balaban J connectivity index is 1.37. The number of benzene rings is 2. The lowest BCUT2D eigenvalue weighted by atomic mass is 10.2. The maximum atomic E-state index is 12.8. The number of likely N-dealkylation sites (N-methyl/N-ethyl adjacent to an activating group) is 1. The summed E-state index contributed by atoms with van der Waals surface area (Å²) in [5.41, 5.74) is 2.11. The van der Waals surface area contributed by atoms with Crippen LogP contribution in [0.5, 0.6) is 0 Å². The summed E-state index contributed by atoms with van der Waals surface area (Å²) in [5.74, 6) is -0.220. The topological polar surface area (TPSA) is 82.6 Å². The molecule has 0 radical (unpaired) electrons. The third kappa shape index (κ3) is 5.36. The minimum atomic E-state index is -3.53. The van der Waals surface area contributed by atoms with Crippen LogP contribution in [0.2, 0.25) is 5.02 Å². The van der Waals surface area contributed by atoms with Gasteiger partial charge in [-0.3, -0.25) is 4.79 Å². The molecule has 1 aliphatic rings.